The Balaban J connectivity index is 1.58. The Morgan fingerprint density at radius 1 is 1.08 bits per heavy atom. The second-order valence-electron chi connectivity index (χ2n) is 6.33. The zero-order chi connectivity index (χ0) is 18.5. The molecule has 5 nitrogen and oxygen atoms in total. The first kappa shape index (κ1) is 18.0. The number of fused-ring (bicyclic) bond motifs is 1. The smallest absolute Gasteiger partial charge is 0.179 e. The summed E-state index contributed by atoms with van der Waals surface area (Å²) in [4.78, 5) is 18.0. The highest BCUT2D eigenvalue weighted by atomic mass is 16.5. The maximum absolute atomic E-state index is 12.8. The summed E-state index contributed by atoms with van der Waals surface area (Å²) < 4.78 is 11.1. The number of carbonyl (C=O) groups excluding carboxylic acids is 1. The molecule has 26 heavy (non-hydrogen) atoms. The van der Waals surface area contributed by atoms with E-state index in [4.69, 9.17) is 9.47 Å². The fourth-order valence-electron chi connectivity index (χ4n) is 3.09. The molecule has 136 valence electrons. The minimum absolute atomic E-state index is 0.111. The number of Topliss-reactive ketones (excluding diaryl/α,β-unsaturated/α-hetero) is 1. The Kier molecular flexibility index (Phi) is 5.58. The third-order valence-corrected chi connectivity index (χ3v) is 4.39. The number of hydrogen-bond acceptors (Lipinski definition) is 4. The molecule has 0 spiro atoms. The molecule has 0 radical (unpaired) electrons. The van der Waals surface area contributed by atoms with Gasteiger partial charge in [-0.1, -0.05) is 30.3 Å². The van der Waals surface area contributed by atoms with Crippen LogP contribution < -0.4 is 9.47 Å². The number of H-pyrrole nitrogens is 1. The molecule has 0 atom stereocenters. The molecule has 5 heteroatoms. The quantitative estimate of drug-likeness (QED) is 0.629. The summed E-state index contributed by atoms with van der Waals surface area (Å²) in [7, 11) is 3.55. The fraction of sp³-hybridized carbons (Fsp3) is 0.286. The second kappa shape index (κ2) is 8.06. The van der Waals surface area contributed by atoms with Crippen molar-refractivity contribution in [1.29, 1.82) is 0 Å². The van der Waals surface area contributed by atoms with E-state index in [1.165, 1.54) is 0 Å². The van der Waals surface area contributed by atoms with Gasteiger partial charge in [-0.25, -0.2) is 0 Å². The van der Waals surface area contributed by atoms with E-state index in [1.807, 2.05) is 67.4 Å². The van der Waals surface area contributed by atoms with Crippen molar-refractivity contribution in [2.24, 2.45) is 0 Å². The number of aryl methyl sites for hydroxylation is 1. The molecule has 0 bridgehead atoms. The van der Waals surface area contributed by atoms with Crippen molar-refractivity contribution in [2.45, 2.75) is 6.92 Å². The van der Waals surface area contributed by atoms with Crippen LogP contribution in [0.4, 0.5) is 0 Å². The van der Waals surface area contributed by atoms with E-state index in [0.29, 0.717) is 31.2 Å². The lowest BCUT2D eigenvalue weighted by Gasteiger charge is -2.17. The average molecular weight is 352 g/mol. The number of benzene rings is 2. The van der Waals surface area contributed by atoms with E-state index in [0.717, 1.165) is 22.2 Å². The number of nitrogens with zero attached hydrogens (tertiary/aromatic N) is 1. The molecule has 0 saturated heterocycles. The number of carbonyl (C=O) groups is 1. The predicted molar refractivity (Wildman–Crippen MR) is 103 cm³/mol. The summed E-state index contributed by atoms with van der Waals surface area (Å²) in [5, 5.41) is 0.980. The number of para-hydroxylation sites is 3. The highest BCUT2D eigenvalue weighted by Gasteiger charge is 2.17. The first-order valence-electron chi connectivity index (χ1n) is 8.65. The maximum atomic E-state index is 12.8. The largest absolute Gasteiger partial charge is 0.493 e. The molecule has 0 fully saturated rings. The van der Waals surface area contributed by atoms with Gasteiger partial charge in [0, 0.05) is 28.7 Å². The van der Waals surface area contributed by atoms with E-state index in [1.54, 1.807) is 7.11 Å². The van der Waals surface area contributed by atoms with Crippen molar-refractivity contribution in [2.75, 3.05) is 33.9 Å². The first-order valence-corrected chi connectivity index (χ1v) is 8.65. The van der Waals surface area contributed by atoms with Crippen LogP contribution in [0.2, 0.25) is 0 Å². The van der Waals surface area contributed by atoms with Gasteiger partial charge in [0.25, 0.3) is 0 Å². The van der Waals surface area contributed by atoms with Crippen molar-refractivity contribution in [3.05, 3.63) is 59.8 Å². The Bertz CT molecular complexity index is 901. The van der Waals surface area contributed by atoms with Gasteiger partial charge in [-0.15, -0.1) is 0 Å². The number of aromatic nitrogens is 1. The topological polar surface area (TPSA) is 54.6 Å². The van der Waals surface area contributed by atoms with E-state index in [2.05, 4.69) is 4.98 Å². The van der Waals surface area contributed by atoms with Gasteiger partial charge in [-0.3, -0.25) is 9.69 Å². The fourth-order valence-corrected chi connectivity index (χ4v) is 3.09. The van der Waals surface area contributed by atoms with Crippen LogP contribution in [-0.2, 0) is 0 Å². The van der Waals surface area contributed by atoms with Crippen LogP contribution in [0, 0.1) is 6.92 Å². The minimum Gasteiger partial charge on any atom is -0.493 e. The van der Waals surface area contributed by atoms with Gasteiger partial charge in [-0.2, -0.15) is 0 Å². The molecule has 1 heterocycles. The van der Waals surface area contributed by atoms with Gasteiger partial charge >= 0.3 is 0 Å². The number of methoxy groups -OCH3 is 1. The van der Waals surface area contributed by atoms with E-state index in [-0.39, 0.29) is 5.78 Å². The third-order valence-electron chi connectivity index (χ3n) is 4.39. The second-order valence-corrected chi connectivity index (χ2v) is 6.33. The van der Waals surface area contributed by atoms with Gasteiger partial charge in [0.05, 0.1) is 13.7 Å². The molecule has 0 aliphatic rings. The molecular weight excluding hydrogens is 328 g/mol. The molecule has 0 unspecified atom stereocenters. The lowest BCUT2D eigenvalue weighted by atomic mass is 10.1. The molecule has 0 amide bonds. The first-order chi connectivity index (χ1) is 12.6. The summed E-state index contributed by atoms with van der Waals surface area (Å²) >= 11 is 0. The molecule has 3 rings (SSSR count). The van der Waals surface area contributed by atoms with Crippen LogP contribution in [0.25, 0.3) is 10.9 Å². The third kappa shape index (κ3) is 3.89. The number of aromatic amines is 1. The molecule has 0 saturated carbocycles. The van der Waals surface area contributed by atoms with Crippen molar-refractivity contribution in [3.63, 3.8) is 0 Å². The van der Waals surface area contributed by atoms with Crippen molar-refractivity contribution >= 4 is 16.7 Å². The molecule has 2 aromatic carbocycles. The summed E-state index contributed by atoms with van der Waals surface area (Å²) in [6.45, 7) is 3.41. The number of hydrogen-bond donors (Lipinski definition) is 1. The minimum atomic E-state index is 0.111. The van der Waals surface area contributed by atoms with Crippen LogP contribution in [0.3, 0.4) is 0 Å². The normalized spacial score (nSPS) is 11.1. The van der Waals surface area contributed by atoms with E-state index >= 15 is 0 Å². The number of ketones is 1. The summed E-state index contributed by atoms with van der Waals surface area (Å²) in [5.41, 5.74) is 2.68. The van der Waals surface area contributed by atoms with Gasteiger partial charge in [0.15, 0.2) is 17.3 Å². The van der Waals surface area contributed by atoms with E-state index < -0.39 is 0 Å². The van der Waals surface area contributed by atoms with Crippen molar-refractivity contribution < 1.29 is 14.3 Å². The summed E-state index contributed by atoms with van der Waals surface area (Å²) in [6.07, 6.45) is 0. The predicted octanol–water partition coefficient (Wildman–Crippen LogP) is 3.68. The standard InChI is InChI=1S/C21H24N2O3/c1-15-21(16-8-4-5-9-17(16)22-15)18(24)14-23(2)12-13-26-20-11-7-6-10-19(20)25-3/h4-11,22H,12-14H2,1-3H3. The Morgan fingerprint density at radius 2 is 1.77 bits per heavy atom. The zero-order valence-corrected chi connectivity index (χ0v) is 15.4. The van der Waals surface area contributed by atoms with Gasteiger partial charge < -0.3 is 14.5 Å². The number of ether oxygens (including phenoxy) is 2. The number of nitrogens with one attached hydrogen (secondary N) is 1. The summed E-state index contributed by atoms with van der Waals surface area (Å²) in [6, 6.07) is 15.4. The van der Waals surface area contributed by atoms with Crippen LogP contribution in [0.5, 0.6) is 11.5 Å². The molecule has 1 aromatic heterocycles. The van der Waals surface area contributed by atoms with Crippen LogP contribution in [-0.4, -0.2) is 49.5 Å². The Labute approximate surface area is 153 Å². The SMILES string of the molecule is COc1ccccc1OCCN(C)CC(=O)c1c(C)[nH]c2ccccc12. The van der Waals surface area contributed by atoms with Crippen molar-refractivity contribution in [3.8, 4) is 11.5 Å². The summed E-state index contributed by atoms with van der Waals surface area (Å²) in [5.74, 6) is 1.53. The highest BCUT2D eigenvalue weighted by Crippen LogP contribution is 2.25. The lowest BCUT2D eigenvalue weighted by Crippen LogP contribution is -2.30. The molecule has 0 aliphatic heterocycles. The van der Waals surface area contributed by atoms with Crippen LogP contribution in [0.1, 0.15) is 16.1 Å². The highest BCUT2D eigenvalue weighted by molar-refractivity contribution is 6.10. The van der Waals surface area contributed by atoms with Gasteiger partial charge in [0.1, 0.15) is 6.61 Å². The van der Waals surface area contributed by atoms with Gasteiger partial charge in [-0.05, 0) is 32.2 Å². The lowest BCUT2D eigenvalue weighted by molar-refractivity contribution is 0.0939. The molecule has 3 aromatic rings. The number of likely N-dealkylation sites (N-methyl/N-ethyl adjacent to an activating group) is 1. The van der Waals surface area contributed by atoms with Crippen molar-refractivity contribution in [1.82, 2.24) is 9.88 Å². The number of rotatable bonds is 8. The average Bonchev–Trinajstić information content (AvgIpc) is 2.97. The Hall–Kier alpha value is -2.79. The molecule has 1 N–H and O–H groups in total. The molecule has 0 aliphatic carbocycles. The van der Waals surface area contributed by atoms with E-state index in [9.17, 15) is 4.79 Å². The zero-order valence-electron chi connectivity index (χ0n) is 15.4. The molecular formula is C21H24N2O3. The van der Waals surface area contributed by atoms with Crippen LogP contribution in [0.15, 0.2) is 48.5 Å². The van der Waals surface area contributed by atoms with Crippen LogP contribution >= 0.6 is 0 Å². The van der Waals surface area contributed by atoms with Gasteiger partial charge in [0.2, 0.25) is 0 Å². The Morgan fingerprint density at radius 3 is 2.54 bits per heavy atom. The maximum Gasteiger partial charge on any atom is 0.179 e. The monoisotopic (exact) mass is 352 g/mol.